The zero-order chi connectivity index (χ0) is 21.5. The lowest BCUT2D eigenvalue weighted by atomic mass is 10.1. The second-order valence-corrected chi connectivity index (χ2v) is 6.17. The average Bonchev–Trinajstić information content (AvgIpc) is 2.75. The molecule has 3 aromatic carbocycles. The number of carbonyl (C=O) groups excluding carboxylic acids is 2. The third kappa shape index (κ3) is 5.20. The van der Waals surface area contributed by atoms with Crippen LogP contribution in [0.3, 0.4) is 0 Å². The van der Waals surface area contributed by atoms with E-state index in [0.717, 1.165) is 0 Å². The molecule has 2 amide bonds. The summed E-state index contributed by atoms with van der Waals surface area (Å²) >= 11 is 0. The highest BCUT2D eigenvalue weighted by atomic mass is 19.1. The standard InChI is InChI=1S/C22H18FN3O4/c1-30-19-9-10-20(27)16(12-19)13-24-26-22(29)15-3-2-4-18(11-15)25-21(28)14-5-7-17(23)8-6-14/h2-13,27H,1H3,(H,25,28)(H,26,29)/b24-13+. The van der Waals surface area contributed by atoms with Gasteiger partial charge in [-0.05, 0) is 60.7 Å². The summed E-state index contributed by atoms with van der Waals surface area (Å²) in [5.74, 6) is -0.858. The van der Waals surface area contributed by atoms with Gasteiger partial charge in [0.2, 0.25) is 0 Å². The van der Waals surface area contributed by atoms with E-state index >= 15 is 0 Å². The Kier molecular flexibility index (Phi) is 6.39. The maximum Gasteiger partial charge on any atom is 0.271 e. The van der Waals surface area contributed by atoms with Crippen molar-refractivity contribution in [2.24, 2.45) is 5.10 Å². The number of rotatable bonds is 6. The summed E-state index contributed by atoms with van der Waals surface area (Å²) in [4.78, 5) is 24.6. The molecule has 152 valence electrons. The lowest BCUT2D eigenvalue weighted by molar-refractivity contribution is 0.0953. The Morgan fingerprint density at radius 1 is 1.00 bits per heavy atom. The number of nitrogens with zero attached hydrogens (tertiary/aromatic N) is 1. The first-order chi connectivity index (χ1) is 14.5. The molecule has 30 heavy (non-hydrogen) atoms. The van der Waals surface area contributed by atoms with E-state index in [1.807, 2.05) is 0 Å². The van der Waals surface area contributed by atoms with E-state index in [4.69, 9.17) is 4.74 Å². The number of anilines is 1. The monoisotopic (exact) mass is 407 g/mol. The molecule has 0 radical (unpaired) electrons. The molecule has 0 aliphatic carbocycles. The van der Waals surface area contributed by atoms with Gasteiger partial charge in [-0.3, -0.25) is 9.59 Å². The molecule has 3 rings (SSSR count). The van der Waals surface area contributed by atoms with Crippen molar-refractivity contribution in [3.8, 4) is 11.5 Å². The lowest BCUT2D eigenvalue weighted by Gasteiger charge is -2.07. The highest BCUT2D eigenvalue weighted by molar-refractivity contribution is 6.05. The zero-order valence-corrected chi connectivity index (χ0v) is 15.9. The van der Waals surface area contributed by atoms with Crippen molar-refractivity contribution in [2.45, 2.75) is 0 Å². The fraction of sp³-hybridized carbons (Fsp3) is 0.0455. The number of hydrogen-bond acceptors (Lipinski definition) is 5. The number of phenols is 1. The molecule has 0 heterocycles. The van der Waals surface area contributed by atoms with Crippen molar-refractivity contribution in [2.75, 3.05) is 12.4 Å². The van der Waals surface area contributed by atoms with Gasteiger partial charge in [-0.1, -0.05) is 6.07 Å². The summed E-state index contributed by atoms with van der Waals surface area (Å²) in [6.07, 6.45) is 1.29. The SMILES string of the molecule is COc1ccc(O)c(/C=N/NC(=O)c2cccc(NC(=O)c3ccc(F)cc3)c2)c1. The van der Waals surface area contributed by atoms with Gasteiger partial charge >= 0.3 is 0 Å². The summed E-state index contributed by atoms with van der Waals surface area (Å²) in [5.41, 5.74) is 3.67. The minimum atomic E-state index is -0.508. The van der Waals surface area contributed by atoms with Gasteiger partial charge < -0.3 is 15.2 Å². The van der Waals surface area contributed by atoms with Crippen LogP contribution >= 0.6 is 0 Å². The number of ether oxygens (including phenoxy) is 1. The number of nitrogens with one attached hydrogen (secondary N) is 2. The topological polar surface area (TPSA) is 100 Å². The molecule has 0 saturated carbocycles. The predicted octanol–water partition coefficient (Wildman–Crippen LogP) is 3.56. The van der Waals surface area contributed by atoms with Crippen LogP contribution in [-0.2, 0) is 0 Å². The maximum atomic E-state index is 13.0. The first-order valence-electron chi connectivity index (χ1n) is 8.83. The minimum absolute atomic E-state index is 0.0145. The molecule has 0 fully saturated rings. The number of amides is 2. The second-order valence-electron chi connectivity index (χ2n) is 6.17. The Hall–Kier alpha value is -4.20. The van der Waals surface area contributed by atoms with E-state index in [2.05, 4.69) is 15.8 Å². The highest BCUT2D eigenvalue weighted by Crippen LogP contribution is 2.21. The first kappa shape index (κ1) is 20.5. The second kappa shape index (κ2) is 9.33. The molecular weight excluding hydrogens is 389 g/mol. The van der Waals surface area contributed by atoms with E-state index in [9.17, 15) is 19.1 Å². The van der Waals surface area contributed by atoms with E-state index < -0.39 is 17.6 Å². The van der Waals surface area contributed by atoms with Crippen molar-refractivity contribution in [3.63, 3.8) is 0 Å². The Morgan fingerprint density at radius 3 is 2.50 bits per heavy atom. The number of phenolic OH excluding ortho intramolecular Hbond substituents is 1. The molecular formula is C22H18FN3O4. The number of hydrogen-bond donors (Lipinski definition) is 3. The summed E-state index contributed by atoms with van der Waals surface area (Å²) in [6.45, 7) is 0. The summed E-state index contributed by atoms with van der Waals surface area (Å²) < 4.78 is 18.1. The van der Waals surface area contributed by atoms with Crippen LogP contribution in [0.1, 0.15) is 26.3 Å². The van der Waals surface area contributed by atoms with Crippen LogP contribution in [0.2, 0.25) is 0 Å². The molecule has 0 atom stereocenters. The van der Waals surface area contributed by atoms with E-state index in [1.54, 1.807) is 30.3 Å². The van der Waals surface area contributed by atoms with Crippen LogP contribution in [0.4, 0.5) is 10.1 Å². The third-order valence-electron chi connectivity index (χ3n) is 4.09. The largest absolute Gasteiger partial charge is 0.507 e. The van der Waals surface area contributed by atoms with Crippen molar-refractivity contribution < 1.29 is 23.8 Å². The van der Waals surface area contributed by atoms with Crippen molar-refractivity contribution in [1.29, 1.82) is 0 Å². The predicted molar refractivity (Wildman–Crippen MR) is 111 cm³/mol. The molecule has 7 nitrogen and oxygen atoms in total. The lowest BCUT2D eigenvalue weighted by Crippen LogP contribution is -2.18. The Bertz CT molecular complexity index is 1100. The van der Waals surface area contributed by atoms with Gasteiger partial charge in [-0.25, -0.2) is 9.82 Å². The molecule has 3 aromatic rings. The minimum Gasteiger partial charge on any atom is -0.507 e. The van der Waals surface area contributed by atoms with Gasteiger partial charge in [0.25, 0.3) is 11.8 Å². The van der Waals surface area contributed by atoms with Crippen LogP contribution in [0.15, 0.2) is 71.8 Å². The van der Waals surface area contributed by atoms with E-state index in [1.165, 1.54) is 49.7 Å². The Morgan fingerprint density at radius 2 is 1.77 bits per heavy atom. The third-order valence-corrected chi connectivity index (χ3v) is 4.09. The highest BCUT2D eigenvalue weighted by Gasteiger charge is 2.09. The molecule has 0 aliphatic heterocycles. The average molecular weight is 407 g/mol. The van der Waals surface area contributed by atoms with Crippen LogP contribution in [0, 0.1) is 5.82 Å². The molecule has 3 N–H and O–H groups in total. The number of methoxy groups -OCH3 is 1. The summed E-state index contributed by atoms with van der Waals surface area (Å²) in [7, 11) is 1.50. The van der Waals surface area contributed by atoms with Crippen LogP contribution in [0.25, 0.3) is 0 Å². The fourth-order valence-corrected chi connectivity index (χ4v) is 2.53. The smallest absolute Gasteiger partial charge is 0.271 e. The van der Waals surface area contributed by atoms with E-state index in [0.29, 0.717) is 17.0 Å². The molecule has 0 bridgehead atoms. The number of hydrazone groups is 1. The molecule has 0 aliphatic rings. The molecule has 0 spiro atoms. The first-order valence-corrected chi connectivity index (χ1v) is 8.83. The van der Waals surface area contributed by atoms with Crippen LogP contribution in [0.5, 0.6) is 11.5 Å². The van der Waals surface area contributed by atoms with Gasteiger partial charge in [0, 0.05) is 22.4 Å². The zero-order valence-electron chi connectivity index (χ0n) is 15.9. The molecule has 0 aromatic heterocycles. The Balaban J connectivity index is 1.66. The number of carbonyl (C=O) groups is 2. The van der Waals surface area contributed by atoms with Gasteiger partial charge in [0.15, 0.2) is 0 Å². The van der Waals surface area contributed by atoms with Crippen molar-refractivity contribution in [3.05, 3.63) is 89.2 Å². The maximum absolute atomic E-state index is 13.0. The normalized spacial score (nSPS) is 10.6. The number of aromatic hydroxyl groups is 1. The molecule has 0 saturated heterocycles. The number of benzene rings is 3. The summed E-state index contributed by atoms with van der Waals surface area (Å²) in [6, 6.07) is 16.0. The number of halogens is 1. The van der Waals surface area contributed by atoms with Gasteiger partial charge in [0.1, 0.15) is 17.3 Å². The van der Waals surface area contributed by atoms with Crippen molar-refractivity contribution in [1.82, 2.24) is 5.43 Å². The fourth-order valence-electron chi connectivity index (χ4n) is 2.53. The van der Waals surface area contributed by atoms with Crippen molar-refractivity contribution >= 4 is 23.7 Å². The molecule has 0 unspecified atom stereocenters. The Labute approximate surface area is 171 Å². The summed E-state index contributed by atoms with van der Waals surface area (Å²) in [5, 5.41) is 16.3. The quantitative estimate of drug-likeness (QED) is 0.430. The van der Waals surface area contributed by atoms with E-state index in [-0.39, 0.29) is 16.9 Å². The van der Waals surface area contributed by atoms with Gasteiger partial charge in [-0.2, -0.15) is 5.10 Å². The van der Waals surface area contributed by atoms with Crippen LogP contribution < -0.4 is 15.5 Å². The van der Waals surface area contributed by atoms with Crippen LogP contribution in [-0.4, -0.2) is 30.2 Å². The van der Waals surface area contributed by atoms with Gasteiger partial charge in [0.05, 0.1) is 13.3 Å². The molecule has 8 heteroatoms. The van der Waals surface area contributed by atoms with Gasteiger partial charge in [-0.15, -0.1) is 0 Å².